The molecule has 132 valence electrons. The smallest absolute Gasteiger partial charge is 0.0178 e. The molecule has 0 saturated carbocycles. The van der Waals surface area contributed by atoms with Crippen LogP contribution < -0.4 is 0 Å². The fraction of sp³-hybridized carbons (Fsp3) is 0.154. The van der Waals surface area contributed by atoms with Crippen molar-refractivity contribution in [2.75, 3.05) is 0 Å². The summed E-state index contributed by atoms with van der Waals surface area (Å²) < 4.78 is 0. The predicted octanol–water partition coefficient (Wildman–Crippen LogP) is 7.87. The second-order valence-corrected chi connectivity index (χ2v) is 6.31. The van der Waals surface area contributed by atoms with E-state index < -0.39 is 0 Å². The summed E-state index contributed by atoms with van der Waals surface area (Å²) in [5, 5.41) is 0. The van der Waals surface area contributed by atoms with Crippen molar-refractivity contribution >= 4 is 11.1 Å². The standard InChI is InChI=1S/C26H28/c1-5-7-9-10-13-22(4)25-14-11-15-26(20-25)24-18-16-23(17-19-24)21(3)12-8-6-2/h5-8,11-20H,2-3,9-10H2,1,4H3/b7-5-,12-8-,22-13+. The van der Waals surface area contributed by atoms with Crippen LogP contribution in [0.5, 0.6) is 0 Å². The van der Waals surface area contributed by atoms with Crippen molar-refractivity contribution in [3.05, 3.63) is 109 Å². The molecule has 0 bridgehead atoms. The van der Waals surface area contributed by atoms with Crippen molar-refractivity contribution < 1.29 is 0 Å². The van der Waals surface area contributed by atoms with E-state index in [9.17, 15) is 0 Å². The van der Waals surface area contributed by atoms with Crippen LogP contribution in [-0.4, -0.2) is 0 Å². The van der Waals surface area contributed by atoms with E-state index in [2.05, 4.69) is 93.8 Å². The molecule has 0 atom stereocenters. The minimum absolute atomic E-state index is 0.991. The van der Waals surface area contributed by atoms with E-state index in [1.54, 1.807) is 6.08 Å². The van der Waals surface area contributed by atoms with E-state index in [1.165, 1.54) is 22.3 Å². The number of benzene rings is 2. The van der Waals surface area contributed by atoms with Crippen LogP contribution in [0.15, 0.2) is 98.1 Å². The Morgan fingerprint density at radius 1 is 0.962 bits per heavy atom. The summed E-state index contributed by atoms with van der Waals surface area (Å²) >= 11 is 0. The predicted molar refractivity (Wildman–Crippen MR) is 118 cm³/mol. The van der Waals surface area contributed by atoms with Gasteiger partial charge in [-0.3, -0.25) is 0 Å². The lowest BCUT2D eigenvalue weighted by Gasteiger charge is -2.08. The van der Waals surface area contributed by atoms with Gasteiger partial charge in [0.05, 0.1) is 0 Å². The molecular formula is C26H28. The number of allylic oxidation sites excluding steroid dienone is 8. The van der Waals surface area contributed by atoms with Crippen molar-refractivity contribution in [3.8, 4) is 11.1 Å². The van der Waals surface area contributed by atoms with Crippen molar-refractivity contribution in [2.24, 2.45) is 0 Å². The van der Waals surface area contributed by atoms with Gasteiger partial charge in [-0.15, -0.1) is 0 Å². The first kappa shape index (κ1) is 19.5. The van der Waals surface area contributed by atoms with Gasteiger partial charge in [-0.05, 0) is 66.2 Å². The molecule has 0 nitrogen and oxygen atoms in total. The molecule has 0 heteroatoms. The molecule has 0 aliphatic carbocycles. The molecule has 0 spiro atoms. The molecule has 0 aliphatic heterocycles. The normalized spacial score (nSPS) is 12.0. The average molecular weight is 341 g/mol. The van der Waals surface area contributed by atoms with Gasteiger partial charge >= 0.3 is 0 Å². The van der Waals surface area contributed by atoms with Crippen LogP contribution in [0.3, 0.4) is 0 Å². The fourth-order valence-corrected chi connectivity index (χ4v) is 2.78. The minimum atomic E-state index is 0.991. The molecule has 2 aromatic rings. The van der Waals surface area contributed by atoms with Crippen LogP contribution in [0.2, 0.25) is 0 Å². The average Bonchev–Trinajstić information content (AvgIpc) is 2.69. The minimum Gasteiger partial charge on any atom is -0.0991 e. The lowest BCUT2D eigenvalue weighted by Crippen LogP contribution is -1.85. The Morgan fingerprint density at radius 3 is 2.42 bits per heavy atom. The van der Waals surface area contributed by atoms with E-state index in [-0.39, 0.29) is 0 Å². The van der Waals surface area contributed by atoms with E-state index in [0.717, 1.165) is 24.0 Å². The van der Waals surface area contributed by atoms with Crippen LogP contribution in [0.4, 0.5) is 0 Å². The molecule has 26 heavy (non-hydrogen) atoms. The SMILES string of the molecule is C=C/C=C\C(=C)c1ccc(-c2cccc(/C(C)=C/CC/C=C\C)c2)cc1. The fourth-order valence-electron chi connectivity index (χ4n) is 2.78. The Kier molecular flexibility index (Phi) is 7.64. The van der Waals surface area contributed by atoms with Crippen LogP contribution in [-0.2, 0) is 0 Å². The molecule has 0 fully saturated rings. The molecular weight excluding hydrogens is 312 g/mol. The Bertz CT molecular complexity index is 827. The van der Waals surface area contributed by atoms with Gasteiger partial charge < -0.3 is 0 Å². The van der Waals surface area contributed by atoms with Crippen molar-refractivity contribution in [2.45, 2.75) is 26.7 Å². The summed E-state index contributed by atoms with van der Waals surface area (Å²) in [6, 6.07) is 17.3. The molecule has 0 radical (unpaired) electrons. The van der Waals surface area contributed by atoms with Crippen LogP contribution in [0.1, 0.15) is 37.8 Å². The Hall–Kier alpha value is -2.86. The quantitative estimate of drug-likeness (QED) is 0.260. The Morgan fingerprint density at radius 2 is 1.73 bits per heavy atom. The molecule has 0 N–H and O–H groups in total. The van der Waals surface area contributed by atoms with Gasteiger partial charge in [0.1, 0.15) is 0 Å². The third kappa shape index (κ3) is 5.60. The third-order valence-corrected chi connectivity index (χ3v) is 4.36. The summed E-state index contributed by atoms with van der Waals surface area (Å²) in [5.74, 6) is 0. The number of rotatable bonds is 8. The topological polar surface area (TPSA) is 0 Å². The van der Waals surface area contributed by atoms with Gasteiger partial charge in [0, 0.05) is 0 Å². The van der Waals surface area contributed by atoms with Gasteiger partial charge in [0.15, 0.2) is 0 Å². The molecule has 2 rings (SSSR count). The lowest BCUT2D eigenvalue weighted by molar-refractivity contribution is 1.05. The molecule has 0 unspecified atom stereocenters. The molecule has 0 aliphatic rings. The van der Waals surface area contributed by atoms with E-state index in [0.29, 0.717) is 0 Å². The van der Waals surface area contributed by atoms with Crippen LogP contribution >= 0.6 is 0 Å². The van der Waals surface area contributed by atoms with E-state index in [4.69, 9.17) is 0 Å². The first-order valence-corrected chi connectivity index (χ1v) is 9.13. The van der Waals surface area contributed by atoms with Crippen molar-refractivity contribution in [1.82, 2.24) is 0 Å². The third-order valence-electron chi connectivity index (χ3n) is 4.36. The highest BCUT2D eigenvalue weighted by Gasteiger charge is 2.02. The van der Waals surface area contributed by atoms with Crippen molar-refractivity contribution in [3.63, 3.8) is 0 Å². The molecule has 0 saturated heterocycles. The molecule has 2 aromatic carbocycles. The van der Waals surface area contributed by atoms with Crippen LogP contribution in [0.25, 0.3) is 22.3 Å². The van der Waals surface area contributed by atoms with Crippen molar-refractivity contribution in [1.29, 1.82) is 0 Å². The summed E-state index contributed by atoms with van der Waals surface area (Å²) in [5.41, 5.74) is 7.19. The first-order valence-electron chi connectivity index (χ1n) is 9.13. The highest BCUT2D eigenvalue weighted by Crippen LogP contribution is 2.26. The zero-order valence-electron chi connectivity index (χ0n) is 15.9. The van der Waals surface area contributed by atoms with E-state index in [1.807, 2.05) is 12.2 Å². The summed E-state index contributed by atoms with van der Waals surface area (Å²) in [7, 11) is 0. The molecule has 0 heterocycles. The second kappa shape index (κ2) is 10.2. The van der Waals surface area contributed by atoms with Gasteiger partial charge in [-0.25, -0.2) is 0 Å². The lowest BCUT2D eigenvalue weighted by atomic mass is 9.97. The monoisotopic (exact) mass is 340 g/mol. The highest BCUT2D eigenvalue weighted by molar-refractivity contribution is 5.76. The number of hydrogen-bond donors (Lipinski definition) is 0. The maximum atomic E-state index is 4.10. The van der Waals surface area contributed by atoms with Gasteiger partial charge in [-0.2, -0.15) is 0 Å². The maximum absolute atomic E-state index is 4.10. The number of unbranched alkanes of at least 4 members (excludes halogenated alkanes) is 1. The Labute approximate surface area is 158 Å². The van der Waals surface area contributed by atoms with Gasteiger partial charge in [-0.1, -0.05) is 92.1 Å². The molecule has 0 aromatic heterocycles. The zero-order valence-corrected chi connectivity index (χ0v) is 15.9. The Balaban J connectivity index is 2.18. The van der Waals surface area contributed by atoms with E-state index >= 15 is 0 Å². The summed E-state index contributed by atoms with van der Waals surface area (Å²) in [4.78, 5) is 0. The summed E-state index contributed by atoms with van der Waals surface area (Å²) in [6.45, 7) is 12.0. The number of hydrogen-bond acceptors (Lipinski definition) is 0. The molecule has 0 amide bonds. The van der Waals surface area contributed by atoms with Crippen LogP contribution in [0, 0.1) is 0 Å². The second-order valence-electron chi connectivity index (χ2n) is 6.31. The first-order chi connectivity index (χ1) is 12.7. The maximum Gasteiger partial charge on any atom is -0.0178 e. The zero-order chi connectivity index (χ0) is 18.8. The van der Waals surface area contributed by atoms with Gasteiger partial charge in [0.2, 0.25) is 0 Å². The highest BCUT2D eigenvalue weighted by atomic mass is 14.1. The summed E-state index contributed by atoms with van der Waals surface area (Å²) in [6.07, 6.45) is 14.5. The van der Waals surface area contributed by atoms with Gasteiger partial charge in [0.25, 0.3) is 0 Å². The largest absolute Gasteiger partial charge is 0.0991 e.